The van der Waals surface area contributed by atoms with E-state index in [1.807, 2.05) is 0 Å². The van der Waals surface area contributed by atoms with Gasteiger partial charge < -0.3 is 47.9 Å². The highest BCUT2D eigenvalue weighted by atomic mass is 16.7. The molecular formula is C28H42N2O17. The zero-order valence-corrected chi connectivity index (χ0v) is 27.6. The fraction of sp³-hybridized carbons (Fsp3) is 0.750. The van der Waals surface area contributed by atoms with Crippen molar-refractivity contribution in [2.75, 3.05) is 27.4 Å². The van der Waals surface area contributed by atoms with Gasteiger partial charge in [-0.3, -0.25) is 38.4 Å². The van der Waals surface area contributed by atoms with E-state index in [4.69, 9.17) is 47.5 Å². The predicted octanol–water partition coefficient (Wildman–Crippen LogP) is -1.33. The molecule has 2 rings (SSSR count). The van der Waals surface area contributed by atoms with Crippen LogP contribution in [0.1, 0.15) is 48.5 Å². The molecule has 2 fully saturated rings. The molecule has 266 valence electrons. The first-order chi connectivity index (χ1) is 22.0. The van der Waals surface area contributed by atoms with Gasteiger partial charge in [-0.2, -0.15) is 5.06 Å². The van der Waals surface area contributed by atoms with Crippen LogP contribution in [0.15, 0.2) is 0 Å². The number of rotatable bonds is 13. The van der Waals surface area contributed by atoms with Gasteiger partial charge in [-0.05, 0) is 0 Å². The molecule has 0 bridgehead atoms. The zero-order chi connectivity index (χ0) is 35.6. The topological polar surface area (TPSA) is 227 Å². The molecule has 19 heteroatoms. The van der Waals surface area contributed by atoms with Crippen LogP contribution in [-0.4, -0.2) is 135 Å². The first-order valence-electron chi connectivity index (χ1n) is 14.4. The van der Waals surface area contributed by atoms with Crippen molar-refractivity contribution in [3.8, 4) is 0 Å². The quantitative estimate of drug-likeness (QED) is 0.135. The van der Waals surface area contributed by atoms with Gasteiger partial charge in [-0.1, -0.05) is 0 Å². The predicted molar refractivity (Wildman–Crippen MR) is 150 cm³/mol. The average molecular weight is 679 g/mol. The van der Waals surface area contributed by atoms with Gasteiger partial charge in [0, 0.05) is 55.6 Å². The molecule has 1 N–H and O–H groups in total. The van der Waals surface area contributed by atoms with Gasteiger partial charge in [0.2, 0.25) is 5.91 Å². The molecule has 1 amide bonds. The molecule has 0 aromatic rings. The maximum atomic E-state index is 12.4. The Hall–Kier alpha value is -3.91. The second-order valence-electron chi connectivity index (χ2n) is 10.5. The average Bonchev–Trinajstić information content (AvgIpc) is 2.94. The Morgan fingerprint density at radius 3 is 1.51 bits per heavy atom. The van der Waals surface area contributed by atoms with Crippen molar-refractivity contribution in [2.24, 2.45) is 0 Å². The fourth-order valence-corrected chi connectivity index (χ4v) is 5.21. The van der Waals surface area contributed by atoms with Gasteiger partial charge in [0.15, 0.2) is 43.0 Å². The van der Waals surface area contributed by atoms with Gasteiger partial charge >= 0.3 is 35.8 Å². The highest BCUT2D eigenvalue weighted by Gasteiger charge is 2.56. The SMILES string of the molecule is CO[C@H]1O[C@H](CN(OC)[C@@H]2O[C@H](COC(C)=O)[C@@H](OC(C)=O)[C@H](OC(C)=O)[C@H]2NC(C)=O)[C@@H](OC(C)=O)[C@H](OC(C)=O)[C@H]1OC(C)=O. The summed E-state index contributed by atoms with van der Waals surface area (Å²) >= 11 is 0. The van der Waals surface area contributed by atoms with Crippen molar-refractivity contribution in [1.29, 1.82) is 0 Å². The van der Waals surface area contributed by atoms with E-state index in [1.54, 1.807) is 0 Å². The highest BCUT2D eigenvalue weighted by molar-refractivity contribution is 5.74. The van der Waals surface area contributed by atoms with E-state index >= 15 is 0 Å². The molecule has 0 unspecified atom stereocenters. The molecule has 0 aromatic carbocycles. The first kappa shape index (κ1) is 39.3. The highest BCUT2D eigenvalue weighted by Crippen LogP contribution is 2.33. The Labute approximate surface area is 270 Å². The first-order valence-corrected chi connectivity index (χ1v) is 14.4. The summed E-state index contributed by atoms with van der Waals surface area (Å²) in [5.41, 5.74) is 0. The monoisotopic (exact) mass is 678 g/mol. The third-order valence-corrected chi connectivity index (χ3v) is 6.70. The number of carbonyl (C=O) groups is 7. The second kappa shape index (κ2) is 17.9. The van der Waals surface area contributed by atoms with Crippen molar-refractivity contribution in [2.45, 2.75) is 110 Å². The molecule has 0 aromatic heterocycles. The number of nitrogens with zero attached hydrogens (tertiary/aromatic N) is 1. The lowest BCUT2D eigenvalue weighted by atomic mass is 9.94. The normalized spacial score (nSPS) is 30.3. The molecule has 2 saturated heterocycles. The molecule has 19 nitrogen and oxygen atoms in total. The van der Waals surface area contributed by atoms with Crippen LogP contribution in [0.2, 0.25) is 0 Å². The number of carbonyl (C=O) groups excluding carboxylic acids is 7. The van der Waals surface area contributed by atoms with E-state index in [0.29, 0.717) is 0 Å². The van der Waals surface area contributed by atoms with Crippen LogP contribution in [0.4, 0.5) is 0 Å². The maximum Gasteiger partial charge on any atom is 0.303 e. The maximum absolute atomic E-state index is 12.4. The number of nitrogens with one attached hydrogen (secondary N) is 1. The van der Waals surface area contributed by atoms with Crippen molar-refractivity contribution >= 4 is 41.7 Å². The minimum Gasteiger partial charge on any atom is -0.463 e. The summed E-state index contributed by atoms with van der Waals surface area (Å²) in [7, 11) is 2.45. The van der Waals surface area contributed by atoms with Gasteiger partial charge in [0.05, 0.1) is 13.7 Å². The van der Waals surface area contributed by atoms with E-state index in [1.165, 1.54) is 21.1 Å². The number of hydroxylamine groups is 2. The molecule has 0 saturated carbocycles. The summed E-state index contributed by atoms with van der Waals surface area (Å²) in [4.78, 5) is 90.4. The van der Waals surface area contributed by atoms with Crippen LogP contribution in [-0.2, 0) is 81.0 Å². The molecule has 2 aliphatic heterocycles. The van der Waals surface area contributed by atoms with Crippen molar-refractivity contribution in [1.82, 2.24) is 10.4 Å². The molecule has 0 radical (unpaired) electrons. The number of methoxy groups -OCH3 is 1. The van der Waals surface area contributed by atoms with E-state index in [2.05, 4.69) is 5.32 Å². The smallest absolute Gasteiger partial charge is 0.303 e. The lowest BCUT2D eigenvalue weighted by molar-refractivity contribution is -0.336. The molecular weight excluding hydrogens is 636 g/mol. The Bertz CT molecular complexity index is 1160. The molecule has 47 heavy (non-hydrogen) atoms. The Kier molecular flexibility index (Phi) is 14.9. The van der Waals surface area contributed by atoms with E-state index in [9.17, 15) is 33.6 Å². The third kappa shape index (κ3) is 11.4. The zero-order valence-electron chi connectivity index (χ0n) is 27.6. The van der Waals surface area contributed by atoms with Crippen LogP contribution in [0, 0.1) is 0 Å². The summed E-state index contributed by atoms with van der Waals surface area (Å²) in [6.07, 6.45) is -12.3. The Morgan fingerprint density at radius 2 is 1.06 bits per heavy atom. The van der Waals surface area contributed by atoms with E-state index < -0.39 is 116 Å². The second-order valence-corrected chi connectivity index (χ2v) is 10.5. The number of hydrogen-bond acceptors (Lipinski definition) is 18. The minimum absolute atomic E-state index is 0.398. The molecule has 0 aliphatic carbocycles. The Balaban J connectivity index is 2.65. The number of ether oxygens (including phenoxy) is 9. The van der Waals surface area contributed by atoms with Crippen LogP contribution in [0.3, 0.4) is 0 Å². The fourth-order valence-electron chi connectivity index (χ4n) is 5.21. The van der Waals surface area contributed by atoms with E-state index in [0.717, 1.165) is 46.6 Å². The Morgan fingerprint density at radius 1 is 0.596 bits per heavy atom. The summed E-state index contributed by atoms with van der Waals surface area (Å²) in [6, 6.07) is -1.30. The molecule has 0 spiro atoms. The van der Waals surface area contributed by atoms with Crippen LogP contribution in [0.5, 0.6) is 0 Å². The molecule has 2 aliphatic rings. The van der Waals surface area contributed by atoms with Crippen LogP contribution < -0.4 is 5.32 Å². The van der Waals surface area contributed by atoms with Crippen LogP contribution in [0.25, 0.3) is 0 Å². The van der Waals surface area contributed by atoms with Gasteiger partial charge in [0.25, 0.3) is 0 Å². The summed E-state index contributed by atoms with van der Waals surface area (Å²) in [5, 5.41) is 3.73. The van der Waals surface area contributed by atoms with Crippen molar-refractivity contribution in [3.05, 3.63) is 0 Å². The largest absolute Gasteiger partial charge is 0.463 e. The molecule has 2 heterocycles. The summed E-state index contributed by atoms with van der Waals surface area (Å²) in [6.45, 7) is 6.91. The van der Waals surface area contributed by atoms with Crippen molar-refractivity contribution in [3.63, 3.8) is 0 Å². The summed E-state index contributed by atoms with van der Waals surface area (Å²) < 4.78 is 50.0. The van der Waals surface area contributed by atoms with Gasteiger partial charge in [0.1, 0.15) is 24.9 Å². The minimum atomic E-state index is -1.43. The third-order valence-electron chi connectivity index (χ3n) is 6.70. The number of esters is 6. The molecule has 10 atom stereocenters. The lowest BCUT2D eigenvalue weighted by Gasteiger charge is -2.49. The van der Waals surface area contributed by atoms with Gasteiger partial charge in [-0.15, -0.1) is 0 Å². The number of hydrogen-bond donors (Lipinski definition) is 1. The lowest BCUT2D eigenvalue weighted by Crippen LogP contribution is -2.71. The van der Waals surface area contributed by atoms with Crippen LogP contribution >= 0.6 is 0 Å². The van der Waals surface area contributed by atoms with Crippen molar-refractivity contribution < 1.29 is 81.0 Å². The van der Waals surface area contributed by atoms with Gasteiger partial charge in [-0.25, -0.2) is 0 Å². The standard InChI is InChI=1S/C28H42N2O17/c1-12(31)29-21-24(43-16(5)35)23(42-15(4)34)20(11-40-13(2)32)46-27(21)30(39-9)10-19-22(41-14(3)33)25(44-17(6)36)26(45-18(7)37)28(38-8)47-19/h19-28H,10-11H2,1-9H3,(H,29,31)/t19-,20-,21-,22-,23-,24-,25+,26-,27-,28+/m1/s1. The number of amides is 1. The van der Waals surface area contributed by atoms with E-state index in [-0.39, 0.29) is 0 Å². The summed E-state index contributed by atoms with van der Waals surface area (Å²) in [5.74, 6) is -5.31.